The Kier molecular flexibility index (Phi) is 5.26. The van der Waals surface area contributed by atoms with Crippen molar-refractivity contribution in [1.29, 1.82) is 0 Å². The van der Waals surface area contributed by atoms with Crippen LogP contribution < -0.4 is 5.32 Å². The highest BCUT2D eigenvalue weighted by molar-refractivity contribution is 9.10. The number of hydrogen-bond donors (Lipinski definition) is 1. The van der Waals surface area contributed by atoms with Crippen molar-refractivity contribution < 1.29 is 4.74 Å². The summed E-state index contributed by atoms with van der Waals surface area (Å²) in [5, 5.41) is 8.17. The summed E-state index contributed by atoms with van der Waals surface area (Å²) in [4.78, 5) is 0. The first-order valence-electron chi connectivity index (χ1n) is 7.57. The molecule has 1 fully saturated rings. The lowest BCUT2D eigenvalue weighted by molar-refractivity contribution is -0.0390. The van der Waals surface area contributed by atoms with Crippen molar-refractivity contribution in [2.75, 3.05) is 13.7 Å². The lowest BCUT2D eigenvalue weighted by atomic mass is 9.89. The van der Waals surface area contributed by atoms with Gasteiger partial charge in [0.25, 0.3) is 0 Å². The fraction of sp³-hybridized carbons (Fsp3) is 0.800. The molecular formula is C15H26BrN3O. The van der Waals surface area contributed by atoms with Crippen LogP contribution in [-0.4, -0.2) is 29.0 Å². The number of ether oxygens (including phenoxy) is 1. The van der Waals surface area contributed by atoms with Crippen LogP contribution in [0.3, 0.4) is 0 Å². The first-order chi connectivity index (χ1) is 9.55. The van der Waals surface area contributed by atoms with Gasteiger partial charge in [0.1, 0.15) is 0 Å². The molecule has 1 aliphatic rings. The second-order valence-electron chi connectivity index (χ2n) is 5.88. The molecule has 0 saturated heterocycles. The molecule has 5 heteroatoms. The van der Waals surface area contributed by atoms with E-state index < -0.39 is 0 Å². The molecule has 0 aliphatic heterocycles. The molecule has 0 bridgehead atoms. The lowest BCUT2D eigenvalue weighted by Gasteiger charge is -2.37. The highest BCUT2D eigenvalue weighted by atomic mass is 79.9. The van der Waals surface area contributed by atoms with Crippen molar-refractivity contribution in [3.8, 4) is 0 Å². The van der Waals surface area contributed by atoms with Crippen molar-refractivity contribution in [1.82, 2.24) is 15.1 Å². The van der Waals surface area contributed by atoms with Gasteiger partial charge in [0, 0.05) is 13.2 Å². The van der Waals surface area contributed by atoms with Crippen LogP contribution in [0.2, 0.25) is 0 Å². The van der Waals surface area contributed by atoms with Crippen LogP contribution in [-0.2, 0) is 4.74 Å². The number of likely N-dealkylation sites (N-methyl/N-ethyl adjacent to an activating group) is 1. The first-order valence-corrected chi connectivity index (χ1v) is 8.36. The van der Waals surface area contributed by atoms with Gasteiger partial charge >= 0.3 is 0 Å². The number of nitrogens with one attached hydrogen (secondary N) is 1. The highest BCUT2D eigenvalue weighted by Crippen LogP contribution is 2.44. The van der Waals surface area contributed by atoms with E-state index in [2.05, 4.69) is 51.8 Å². The molecule has 1 atom stereocenters. The van der Waals surface area contributed by atoms with Gasteiger partial charge in [-0.2, -0.15) is 5.10 Å². The van der Waals surface area contributed by atoms with Gasteiger partial charge in [-0.15, -0.1) is 0 Å². The minimum atomic E-state index is -0.106. The maximum atomic E-state index is 6.00. The molecule has 20 heavy (non-hydrogen) atoms. The minimum Gasteiger partial charge on any atom is -0.376 e. The number of aromatic nitrogens is 2. The summed E-state index contributed by atoms with van der Waals surface area (Å²) in [6.07, 6.45) is 6.60. The molecule has 1 unspecified atom stereocenters. The third-order valence-electron chi connectivity index (χ3n) is 4.34. The monoisotopic (exact) mass is 343 g/mol. The van der Waals surface area contributed by atoms with E-state index in [4.69, 9.17) is 4.74 Å². The molecule has 4 nitrogen and oxygen atoms in total. The van der Waals surface area contributed by atoms with Gasteiger partial charge in [0.05, 0.1) is 28.0 Å². The van der Waals surface area contributed by atoms with Crippen LogP contribution in [0.15, 0.2) is 10.7 Å². The quantitative estimate of drug-likeness (QED) is 0.852. The smallest absolute Gasteiger partial charge is 0.0888 e. The second-order valence-corrected chi connectivity index (χ2v) is 6.74. The summed E-state index contributed by atoms with van der Waals surface area (Å²) < 4.78 is 9.18. The molecule has 1 aliphatic carbocycles. The largest absolute Gasteiger partial charge is 0.376 e. The maximum Gasteiger partial charge on any atom is 0.0888 e. The Morgan fingerprint density at radius 1 is 1.45 bits per heavy atom. The number of rotatable bonds is 6. The SMILES string of the molecule is CCNC(c1c(Br)cnn1C(C)C)C1(OC)CCCC1. The van der Waals surface area contributed by atoms with Gasteiger partial charge in [-0.3, -0.25) is 4.68 Å². The number of halogens is 1. The van der Waals surface area contributed by atoms with Crippen molar-refractivity contribution in [2.24, 2.45) is 0 Å². The zero-order valence-corrected chi connectivity index (χ0v) is 14.5. The number of methoxy groups -OCH3 is 1. The van der Waals surface area contributed by atoms with Crippen LogP contribution in [0.25, 0.3) is 0 Å². The maximum absolute atomic E-state index is 6.00. The average molecular weight is 344 g/mol. The summed E-state index contributed by atoms with van der Waals surface area (Å²) in [5.41, 5.74) is 1.11. The third-order valence-corrected chi connectivity index (χ3v) is 4.95. The zero-order valence-electron chi connectivity index (χ0n) is 12.9. The number of nitrogens with zero attached hydrogens (tertiary/aromatic N) is 2. The van der Waals surface area contributed by atoms with E-state index in [0.717, 1.165) is 23.9 Å². The molecule has 0 radical (unpaired) electrons. The van der Waals surface area contributed by atoms with Gasteiger partial charge in [-0.25, -0.2) is 0 Å². The molecule has 114 valence electrons. The Bertz CT molecular complexity index is 438. The van der Waals surface area contributed by atoms with Gasteiger partial charge in [0.2, 0.25) is 0 Å². The zero-order chi connectivity index (χ0) is 14.8. The predicted molar refractivity (Wildman–Crippen MR) is 84.9 cm³/mol. The molecule has 1 N–H and O–H groups in total. The molecular weight excluding hydrogens is 318 g/mol. The van der Waals surface area contributed by atoms with Gasteiger partial charge in [-0.1, -0.05) is 19.8 Å². The molecule has 1 aromatic heterocycles. The molecule has 1 aromatic rings. The van der Waals surface area contributed by atoms with Crippen molar-refractivity contribution in [3.05, 3.63) is 16.4 Å². The van der Waals surface area contributed by atoms with Crippen LogP contribution >= 0.6 is 15.9 Å². The van der Waals surface area contributed by atoms with E-state index in [1.165, 1.54) is 18.5 Å². The van der Waals surface area contributed by atoms with E-state index >= 15 is 0 Å². The van der Waals surface area contributed by atoms with Crippen molar-refractivity contribution in [3.63, 3.8) is 0 Å². The van der Waals surface area contributed by atoms with Gasteiger partial charge in [0.15, 0.2) is 0 Å². The molecule has 1 saturated carbocycles. The Hall–Kier alpha value is -0.390. The summed E-state index contributed by atoms with van der Waals surface area (Å²) in [7, 11) is 1.85. The fourth-order valence-electron chi connectivity index (χ4n) is 3.35. The molecule has 0 spiro atoms. The predicted octanol–water partition coefficient (Wildman–Crippen LogP) is 3.84. The third kappa shape index (κ3) is 2.81. The van der Waals surface area contributed by atoms with Crippen LogP contribution in [0, 0.1) is 0 Å². The van der Waals surface area contributed by atoms with Crippen LogP contribution in [0.4, 0.5) is 0 Å². The topological polar surface area (TPSA) is 39.1 Å². The van der Waals surface area contributed by atoms with E-state index in [1.54, 1.807) is 0 Å². The Balaban J connectivity index is 2.45. The standard InChI is InChI=1S/C15H26BrN3O/c1-5-17-14(15(20-4)8-6-7-9-15)13-12(16)10-18-19(13)11(2)3/h10-11,14,17H,5-9H2,1-4H3. The van der Waals surface area contributed by atoms with Gasteiger partial charge < -0.3 is 10.1 Å². The molecule has 0 amide bonds. The van der Waals surface area contributed by atoms with E-state index in [0.29, 0.717) is 6.04 Å². The molecule has 2 rings (SSSR count). The van der Waals surface area contributed by atoms with Crippen LogP contribution in [0.1, 0.15) is 64.2 Å². The van der Waals surface area contributed by atoms with Crippen LogP contribution in [0.5, 0.6) is 0 Å². The Labute approximate surface area is 130 Å². The Morgan fingerprint density at radius 2 is 2.10 bits per heavy atom. The molecule has 1 heterocycles. The first kappa shape index (κ1) is 16.0. The number of hydrogen-bond acceptors (Lipinski definition) is 3. The van der Waals surface area contributed by atoms with E-state index in [-0.39, 0.29) is 11.6 Å². The van der Waals surface area contributed by atoms with Crippen molar-refractivity contribution >= 4 is 15.9 Å². The summed E-state index contributed by atoms with van der Waals surface area (Å²) in [6.45, 7) is 7.40. The fourth-order valence-corrected chi connectivity index (χ4v) is 3.85. The Morgan fingerprint density at radius 3 is 2.60 bits per heavy atom. The van der Waals surface area contributed by atoms with E-state index in [1.807, 2.05) is 13.3 Å². The normalized spacial score (nSPS) is 19.7. The van der Waals surface area contributed by atoms with Gasteiger partial charge in [-0.05, 0) is 49.2 Å². The van der Waals surface area contributed by atoms with Crippen molar-refractivity contribution in [2.45, 2.75) is 64.1 Å². The second kappa shape index (κ2) is 6.58. The molecule has 0 aromatic carbocycles. The highest BCUT2D eigenvalue weighted by Gasteiger charge is 2.44. The summed E-state index contributed by atoms with van der Waals surface area (Å²) in [6, 6.07) is 0.520. The average Bonchev–Trinajstić information content (AvgIpc) is 3.03. The summed E-state index contributed by atoms with van der Waals surface area (Å²) in [5.74, 6) is 0. The minimum absolute atomic E-state index is 0.106. The van der Waals surface area contributed by atoms with E-state index in [9.17, 15) is 0 Å². The lowest BCUT2D eigenvalue weighted by Crippen LogP contribution is -2.45. The summed E-state index contributed by atoms with van der Waals surface area (Å²) >= 11 is 3.68.